The molecule has 1 amide bonds. The molecular weight excluding hydrogens is 388 g/mol. The van der Waals surface area contributed by atoms with E-state index in [4.69, 9.17) is 4.74 Å². The number of piperidine rings is 1. The van der Waals surface area contributed by atoms with Crippen LogP contribution in [0.2, 0.25) is 0 Å². The minimum atomic E-state index is -0.170. The molecule has 152 valence electrons. The predicted molar refractivity (Wildman–Crippen MR) is 115 cm³/mol. The van der Waals surface area contributed by atoms with E-state index in [9.17, 15) is 4.79 Å². The molecule has 1 atom stereocenters. The van der Waals surface area contributed by atoms with Crippen molar-refractivity contribution in [2.45, 2.75) is 25.4 Å². The van der Waals surface area contributed by atoms with Gasteiger partial charge in [0.2, 0.25) is 0 Å². The Labute approximate surface area is 176 Å². The lowest BCUT2D eigenvalue weighted by Crippen LogP contribution is -2.32. The molecule has 2 aromatic carbocycles. The van der Waals surface area contributed by atoms with Crippen LogP contribution in [0.5, 0.6) is 11.5 Å². The fraction of sp³-hybridized carbons (Fsp3) is 0.273. The maximum absolute atomic E-state index is 12.5. The molecule has 0 spiro atoms. The number of carbonyl (C=O) groups is 1. The Morgan fingerprint density at radius 1 is 1.14 bits per heavy atom. The maximum Gasteiger partial charge on any atom is 0.272 e. The van der Waals surface area contributed by atoms with E-state index < -0.39 is 0 Å². The van der Waals surface area contributed by atoms with E-state index in [0.717, 1.165) is 43.0 Å². The summed E-state index contributed by atoms with van der Waals surface area (Å²) >= 11 is 0. The molecule has 0 radical (unpaired) electrons. The van der Waals surface area contributed by atoms with Crippen molar-refractivity contribution < 1.29 is 9.53 Å². The number of benzene rings is 2. The fourth-order valence-electron chi connectivity index (χ4n) is 3.34. The van der Waals surface area contributed by atoms with E-state index in [0.29, 0.717) is 18.3 Å². The first-order valence-electron chi connectivity index (χ1n) is 9.64. The Morgan fingerprint density at radius 2 is 1.97 bits per heavy atom. The van der Waals surface area contributed by atoms with E-state index >= 15 is 0 Å². The third-order valence-electron chi connectivity index (χ3n) is 4.82. The van der Waals surface area contributed by atoms with Crippen LogP contribution in [0.3, 0.4) is 0 Å². The minimum Gasteiger partial charge on any atom is -0.457 e. The number of rotatable bonds is 6. The molecule has 4 rings (SSSR count). The molecule has 29 heavy (non-hydrogen) atoms. The molecule has 3 aromatic rings. The van der Waals surface area contributed by atoms with Gasteiger partial charge in [0.05, 0.1) is 6.04 Å². The summed E-state index contributed by atoms with van der Waals surface area (Å²) in [5.74, 6) is 1.36. The number of hydrogen-bond donors (Lipinski definition) is 2. The molecular formula is C22H25ClN4O2. The summed E-state index contributed by atoms with van der Waals surface area (Å²) < 4.78 is 7.74. The number of halogens is 1. The topological polar surface area (TPSA) is 68.2 Å². The van der Waals surface area contributed by atoms with Crippen LogP contribution in [0.25, 0.3) is 0 Å². The minimum absolute atomic E-state index is 0. The van der Waals surface area contributed by atoms with E-state index in [2.05, 4.69) is 15.7 Å². The van der Waals surface area contributed by atoms with Crippen LogP contribution in [0.4, 0.5) is 0 Å². The van der Waals surface area contributed by atoms with Gasteiger partial charge in [-0.2, -0.15) is 5.10 Å². The maximum atomic E-state index is 12.5. The average Bonchev–Trinajstić information content (AvgIpc) is 3.24. The molecule has 1 saturated heterocycles. The number of ether oxygens (including phenoxy) is 1. The van der Waals surface area contributed by atoms with Crippen molar-refractivity contribution >= 4 is 18.3 Å². The van der Waals surface area contributed by atoms with Gasteiger partial charge in [-0.3, -0.25) is 9.48 Å². The van der Waals surface area contributed by atoms with Crippen molar-refractivity contribution in [3.05, 3.63) is 78.1 Å². The zero-order valence-corrected chi connectivity index (χ0v) is 16.9. The summed E-state index contributed by atoms with van der Waals surface area (Å²) in [6.07, 6.45) is 4.11. The molecule has 1 aliphatic rings. The molecule has 0 saturated carbocycles. The zero-order valence-electron chi connectivity index (χ0n) is 16.1. The Hall–Kier alpha value is -2.83. The number of amides is 1. The van der Waals surface area contributed by atoms with Gasteiger partial charge in [-0.05, 0) is 55.3 Å². The fourth-order valence-corrected chi connectivity index (χ4v) is 3.34. The second-order valence-corrected chi connectivity index (χ2v) is 6.93. The van der Waals surface area contributed by atoms with Gasteiger partial charge in [-0.25, -0.2) is 0 Å². The van der Waals surface area contributed by atoms with Crippen LogP contribution in [-0.4, -0.2) is 28.8 Å². The van der Waals surface area contributed by atoms with Gasteiger partial charge in [0, 0.05) is 19.3 Å². The van der Waals surface area contributed by atoms with Crippen molar-refractivity contribution in [1.29, 1.82) is 0 Å². The highest BCUT2D eigenvalue weighted by Gasteiger charge is 2.17. The van der Waals surface area contributed by atoms with Crippen molar-refractivity contribution in [3.8, 4) is 11.5 Å². The SMILES string of the molecule is Cl.O=C(NCc1cccc(Oc2ccccc2)c1)c1ccn(C2CCCNC2)n1. The van der Waals surface area contributed by atoms with Gasteiger partial charge in [0.25, 0.3) is 5.91 Å². The first-order chi connectivity index (χ1) is 13.8. The first-order valence-corrected chi connectivity index (χ1v) is 9.64. The summed E-state index contributed by atoms with van der Waals surface area (Å²) in [6.45, 7) is 2.37. The van der Waals surface area contributed by atoms with Gasteiger partial charge in [0.1, 0.15) is 17.2 Å². The molecule has 6 nitrogen and oxygen atoms in total. The van der Waals surface area contributed by atoms with Crippen molar-refractivity contribution in [2.75, 3.05) is 13.1 Å². The summed E-state index contributed by atoms with van der Waals surface area (Å²) in [7, 11) is 0. The normalized spacial score (nSPS) is 15.9. The van der Waals surface area contributed by atoms with Crippen molar-refractivity contribution in [1.82, 2.24) is 20.4 Å². The van der Waals surface area contributed by atoms with Gasteiger partial charge < -0.3 is 15.4 Å². The average molecular weight is 413 g/mol. The molecule has 1 aromatic heterocycles. The van der Waals surface area contributed by atoms with Gasteiger partial charge in [0.15, 0.2) is 0 Å². The second kappa shape index (κ2) is 10.1. The first kappa shape index (κ1) is 20.9. The second-order valence-electron chi connectivity index (χ2n) is 6.93. The lowest BCUT2D eigenvalue weighted by molar-refractivity contribution is 0.0944. The monoisotopic (exact) mass is 412 g/mol. The van der Waals surface area contributed by atoms with E-state index in [1.807, 2.05) is 65.5 Å². The third kappa shape index (κ3) is 5.59. The van der Waals surface area contributed by atoms with E-state index in [1.54, 1.807) is 6.07 Å². The lowest BCUT2D eigenvalue weighted by Gasteiger charge is -2.22. The molecule has 1 aliphatic heterocycles. The van der Waals surface area contributed by atoms with Crippen LogP contribution < -0.4 is 15.4 Å². The summed E-state index contributed by atoms with van der Waals surface area (Å²) in [5, 5.41) is 10.8. The number of para-hydroxylation sites is 1. The van der Waals surface area contributed by atoms with Crippen LogP contribution in [0, 0.1) is 0 Å². The molecule has 0 aliphatic carbocycles. The number of nitrogens with one attached hydrogen (secondary N) is 2. The van der Waals surface area contributed by atoms with E-state index in [1.165, 1.54) is 0 Å². The summed E-state index contributed by atoms with van der Waals surface area (Å²) in [4.78, 5) is 12.5. The largest absolute Gasteiger partial charge is 0.457 e. The number of aromatic nitrogens is 2. The summed E-state index contributed by atoms with van der Waals surface area (Å²) in [5.41, 5.74) is 1.42. The van der Waals surface area contributed by atoms with Crippen LogP contribution in [0.15, 0.2) is 66.9 Å². The van der Waals surface area contributed by atoms with Crippen molar-refractivity contribution in [3.63, 3.8) is 0 Å². The highest BCUT2D eigenvalue weighted by molar-refractivity contribution is 5.92. The van der Waals surface area contributed by atoms with Crippen LogP contribution in [0.1, 0.15) is 34.9 Å². The zero-order chi connectivity index (χ0) is 19.2. The molecule has 1 unspecified atom stereocenters. The molecule has 2 N–H and O–H groups in total. The molecule has 1 fully saturated rings. The summed E-state index contributed by atoms with van der Waals surface area (Å²) in [6, 6.07) is 19.4. The Balaban J connectivity index is 0.00000240. The van der Waals surface area contributed by atoms with E-state index in [-0.39, 0.29) is 18.3 Å². The van der Waals surface area contributed by atoms with Crippen molar-refractivity contribution in [2.24, 2.45) is 0 Å². The third-order valence-corrected chi connectivity index (χ3v) is 4.82. The van der Waals surface area contributed by atoms with Gasteiger partial charge >= 0.3 is 0 Å². The quantitative estimate of drug-likeness (QED) is 0.643. The van der Waals surface area contributed by atoms with Crippen LogP contribution in [-0.2, 0) is 6.54 Å². The number of hydrogen-bond acceptors (Lipinski definition) is 4. The highest BCUT2D eigenvalue weighted by atomic mass is 35.5. The Kier molecular flexibility index (Phi) is 7.27. The molecule has 7 heteroatoms. The molecule has 2 heterocycles. The lowest BCUT2D eigenvalue weighted by atomic mass is 10.1. The van der Waals surface area contributed by atoms with Gasteiger partial charge in [-0.1, -0.05) is 30.3 Å². The number of nitrogens with zero attached hydrogens (tertiary/aromatic N) is 2. The number of carbonyl (C=O) groups excluding carboxylic acids is 1. The Bertz CT molecular complexity index is 923. The smallest absolute Gasteiger partial charge is 0.272 e. The predicted octanol–water partition coefficient (Wildman–Crippen LogP) is 3.95. The highest BCUT2D eigenvalue weighted by Crippen LogP contribution is 2.22. The molecule has 0 bridgehead atoms. The van der Waals surface area contributed by atoms with Crippen LogP contribution >= 0.6 is 12.4 Å². The van der Waals surface area contributed by atoms with Gasteiger partial charge in [-0.15, -0.1) is 12.4 Å². The standard InChI is InChI=1S/C22H24N4O2.ClH/c27-22(21-11-13-26(25-21)18-7-5-12-23-16-18)24-15-17-6-4-10-20(14-17)28-19-8-2-1-3-9-19;/h1-4,6,8-11,13-14,18,23H,5,7,12,15-16H2,(H,24,27);1H. The Morgan fingerprint density at radius 3 is 2.76 bits per heavy atom.